The second-order valence-electron chi connectivity index (χ2n) is 9.09. The van der Waals surface area contributed by atoms with E-state index in [1.165, 1.54) is 31.9 Å². The maximum Gasteiger partial charge on any atom is 0.342 e. The third-order valence-corrected chi connectivity index (χ3v) is 8.34. The fraction of sp³-hybridized carbons (Fsp3) is 0.591. The van der Waals surface area contributed by atoms with Crippen LogP contribution in [0.4, 0.5) is 5.95 Å². The summed E-state index contributed by atoms with van der Waals surface area (Å²) in [5.74, 6) is -1.48. The SMILES string of the molecule is C=N[C@]1(C)[C@H](O)[C@@H](COP(=O)(N[C@@H](C)C(=O)OC)N[C@H](C)C(=O)OC)O[C@H]1n1cnc2c(OC)nc(NC=O)nc21. The molecule has 2 aromatic rings. The summed E-state index contributed by atoms with van der Waals surface area (Å²) in [6.45, 7) is 7.45. The molecule has 1 aliphatic rings. The van der Waals surface area contributed by atoms with Gasteiger partial charge in [-0.2, -0.15) is 9.97 Å². The standard InChI is InChI=1S/C22H33N8O10P/c1-11(18(33)37-6)28-41(35,29-12(2)19(34)38-7)39-8-13-15(32)22(3,23-4)20(40-13)30-9-24-14-16(30)26-21(25-10-31)27-17(14)36-5/h9-13,15,20,32H,4,8H2,1-3,5-7H3,(H2,28,29,35)(H,25,26,27,31)/t11-,12+,13-,15-,20-,22-,41?/m1/s1. The van der Waals surface area contributed by atoms with E-state index in [0.717, 1.165) is 14.2 Å². The van der Waals surface area contributed by atoms with Crippen LogP contribution in [0.25, 0.3) is 11.2 Å². The number of fused-ring (bicyclic) bond motifs is 1. The first-order valence-electron chi connectivity index (χ1n) is 12.1. The Labute approximate surface area is 234 Å². The third kappa shape index (κ3) is 6.52. The molecule has 0 spiro atoms. The number of hydrogen-bond donors (Lipinski definition) is 4. The van der Waals surface area contributed by atoms with Crippen LogP contribution in [0, 0.1) is 0 Å². The van der Waals surface area contributed by atoms with Crippen molar-refractivity contribution in [3.63, 3.8) is 0 Å². The lowest BCUT2D eigenvalue weighted by Gasteiger charge is -2.29. The van der Waals surface area contributed by atoms with Crippen LogP contribution >= 0.6 is 7.67 Å². The van der Waals surface area contributed by atoms with Crippen LogP contribution in [-0.4, -0.2) is 107 Å². The predicted octanol–water partition coefficient (Wildman–Crippen LogP) is -0.452. The zero-order valence-electron chi connectivity index (χ0n) is 23.3. The number of ether oxygens (including phenoxy) is 4. The van der Waals surface area contributed by atoms with E-state index in [0.29, 0.717) is 6.41 Å². The maximum absolute atomic E-state index is 13.7. The minimum absolute atomic E-state index is 0.0716. The molecule has 3 heterocycles. The number of hydrogen-bond acceptors (Lipinski definition) is 14. The molecule has 3 rings (SSSR count). The van der Waals surface area contributed by atoms with E-state index < -0.39 is 62.3 Å². The van der Waals surface area contributed by atoms with Gasteiger partial charge in [0.2, 0.25) is 18.2 Å². The van der Waals surface area contributed by atoms with Crippen molar-refractivity contribution in [1.29, 1.82) is 0 Å². The van der Waals surface area contributed by atoms with Gasteiger partial charge in [-0.1, -0.05) is 0 Å². The van der Waals surface area contributed by atoms with E-state index in [-0.39, 0.29) is 23.0 Å². The summed E-state index contributed by atoms with van der Waals surface area (Å²) < 4.78 is 41.5. The topological polar surface area (TPSA) is 227 Å². The summed E-state index contributed by atoms with van der Waals surface area (Å²) in [5, 5.41) is 18.6. The number of nitrogens with one attached hydrogen (secondary N) is 3. The van der Waals surface area contributed by atoms with Gasteiger partial charge in [-0.15, -0.1) is 0 Å². The average molecular weight is 601 g/mol. The van der Waals surface area contributed by atoms with Gasteiger partial charge in [0.05, 0.1) is 34.3 Å². The molecule has 1 amide bonds. The van der Waals surface area contributed by atoms with Crippen molar-refractivity contribution in [2.45, 2.75) is 56.8 Å². The highest BCUT2D eigenvalue weighted by Gasteiger charge is 2.55. The average Bonchev–Trinajstić information content (AvgIpc) is 3.48. The number of aliphatic imine (C=N–C) groups is 1. The Hall–Kier alpha value is -3.54. The molecule has 41 heavy (non-hydrogen) atoms. The highest BCUT2D eigenvalue weighted by atomic mass is 31.2. The van der Waals surface area contributed by atoms with E-state index in [1.54, 1.807) is 6.92 Å². The second-order valence-corrected chi connectivity index (χ2v) is 11.0. The maximum atomic E-state index is 13.7. The van der Waals surface area contributed by atoms with Crippen molar-refractivity contribution in [2.24, 2.45) is 4.99 Å². The minimum atomic E-state index is -4.18. The van der Waals surface area contributed by atoms with Crippen molar-refractivity contribution in [3.8, 4) is 5.88 Å². The van der Waals surface area contributed by atoms with Gasteiger partial charge in [0.1, 0.15) is 29.8 Å². The number of aromatic nitrogens is 4. The molecule has 226 valence electrons. The number of nitrogens with zero attached hydrogens (tertiary/aromatic N) is 5. The van der Waals surface area contributed by atoms with Crippen molar-refractivity contribution in [1.82, 2.24) is 29.7 Å². The smallest absolute Gasteiger partial charge is 0.342 e. The summed E-state index contributed by atoms with van der Waals surface area (Å²) in [7, 11) is -0.500. The van der Waals surface area contributed by atoms with Gasteiger partial charge in [-0.25, -0.2) is 15.2 Å². The fourth-order valence-electron chi connectivity index (χ4n) is 4.13. The molecule has 0 saturated carbocycles. The summed E-state index contributed by atoms with van der Waals surface area (Å²) in [6, 6.07) is -2.21. The predicted molar refractivity (Wildman–Crippen MR) is 142 cm³/mol. The van der Waals surface area contributed by atoms with Gasteiger partial charge in [0.15, 0.2) is 17.4 Å². The number of aliphatic hydroxyl groups excluding tert-OH is 1. The zero-order chi connectivity index (χ0) is 30.5. The van der Waals surface area contributed by atoms with Crippen LogP contribution in [-0.2, 0) is 37.7 Å². The van der Waals surface area contributed by atoms with Gasteiger partial charge in [0, 0.05) is 0 Å². The molecule has 0 radical (unpaired) electrons. The highest BCUT2D eigenvalue weighted by molar-refractivity contribution is 7.54. The fourth-order valence-corrected chi connectivity index (χ4v) is 5.94. The Morgan fingerprint density at radius 2 is 1.85 bits per heavy atom. The molecule has 1 fully saturated rings. The molecule has 1 aliphatic heterocycles. The normalized spacial score (nSPS) is 25.1. The molecule has 0 bridgehead atoms. The van der Waals surface area contributed by atoms with Crippen LogP contribution in [0.15, 0.2) is 11.3 Å². The Balaban J connectivity index is 1.92. The summed E-state index contributed by atoms with van der Waals surface area (Å²) >= 11 is 0. The molecule has 1 unspecified atom stereocenters. The number of rotatable bonds is 14. The van der Waals surface area contributed by atoms with Crippen molar-refractivity contribution < 1.29 is 47.5 Å². The summed E-state index contributed by atoms with van der Waals surface area (Å²) in [4.78, 5) is 51.7. The minimum Gasteiger partial charge on any atom is -0.479 e. The van der Waals surface area contributed by atoms with Gasteiger partial charge in [-0.05, 0) is 27.5 Å². The quantitative estimate of drug-likeness (QED) is 0.0932. The molecule has 7 atom stereocenters. The van der Waals surface area contributed by atoms with E-state index in [9.17, 15) is 24.1 Å². The van der Waals surface area contributed by atoms with Crippen LogP contribution in [0.1, 0.15) is 27.0 Å². The number of carbonyl (C=O) groups excluding carboxylic acids is 3. The van der Waals surface area contributed by atoms with E-state index in [4.69, 9.17) is 14.0 Å². The Morgan fingerprint density at radius 3 is 2.37 bits per heavy atom. The van der Waals surface area contributed by atoms with Crippen LogP contribution in [0.3, 0.4) is 0 Å². The molecule has 4 N–H and O–H groups in total. The Kier molecular flexibility index (Phi) is 10.1. The van der Waals surface area contributed by atoms with Crippen molar-refractivity contribution >= 4 is 49.8 Å². The lowest BCUT2D eigenvalue weighted by molar-refractivity contribution is -0.142. The van der Waals surface area contributed by atoms with Crippen LogP contribution < -0.4 is 20.2 Å². The highest BCUT2D eigenvalue weighted by Crippen LogP contribution is 2.45. The number of imidazole rings is 1. The number of carbonyl (C=O) groups is 3. The molecular formula is C22H33N8O10P. The van der Waals surface area contributed by atoms with Crippen molar-refractivity contribution in [3.05, 3.63) is 6.33 Å². The molecule has 18 nitrogen and oxygen atoms in total. The Morgan fingerprint density at radius 1 is 1.24 bits per heavy atom. The molecule has 0 aliphatic carbocycles. The van der Waals surface area contributed by atoms with E-state index in [1.807, 2.05) is 0 Å². The van der Waals surface area contributed by atoms with Gasteiger partial charge < -0.3 is 28.6 Å². The van der Waals surface area contributed by atoms with E-state index >= 15 is 0 Å². The van der Waals surface area contributed by atoms with Gasteiger partial charge in [-0.3, -0.25) is 33.8 Å². The second kappa shape index (κ2) is 13.0. The number of aliphatic hydroxyl groups is 1. The number of anilines is 1. The first kappa shape index (κ1) is 32.0. The van der Waals surface area contributed by atoms with E-state index in [2.05, 4.69) is 51.6 Å². The Bertz CT molecular complexity index is 1310. The monoisotopic (exact) mass is 600 g/mol. The lowest BCUT2D eigenvalue weighted by Crippen LogP contribution is -2.44. The third-order valence-electron chi connectivity index (χ3n) is 6.38. The van der Waals surface area contributed by atoms with Crippen LogP contribution in [0.2, 0.25) is 0 Å². The van der Waals surface area contributed by atoms with Crippen molar-refractivity contribution in [2.75, 3.05) is 33.3 Å². The number of esters is 2. The molecule has 19 heteroatoms. The molecule has 0 aromatic carbocycles. The number of methoxy groups -OCH3 is 3. The first-order chi connectivity index (χ1) is 19.4. The molecular weight excluding hydrogens is 567 g/mol. The lowest BCUT2D eigenvalue weighted by atomic mass is 9.93. The van der Waals surface area contributed by atoms with Gasteiger partial charge in [0.25, 0.3) is 0 Å². The summed E-state index contributed by atoms with van der Waals surface area (Å²) in [6.07, 6.45) is -1.82. The van der Waals surface area contributed by atoms with Crippen LogP contribution in [0.5, 0.6) is 5.88 Å². The molecule has 2 aromatic heterocycles. The zero-order valence-corrected chi connectivity index (χ0v) is 24.2. The summed E-state index contributed by atoms with van der Waals surface area (Å²) in [5.41, 5.74) is -0.982. The van der Waals surface area contributed by atoms with Gasteiger partial charge >= 0.3 is 19.6 Å². The number of amides is 1. The molecule has 1 saturated heterocycles. The first-order valence-corrected chi connectivity index (χ1v) is 13.8. The largest absolute Gasteiger partial charge is 0.479 e.